The lowest BCUT2D eigenvalue weighted by molar-refractivity contribution is 0.0953. The van der Waals surface area contributed by atoms with E-state index in [1.165, 1.54) is 4.57 Å². The van der Waals surface area contributed by atoms with Gasteiger partial charge in [0.05, 0.1) is 18.7 Å². The first-order valence-electron chi connectivity index (χ1n) is 12.8. The number of carbonyl (C=O) groups is 2. The van der Waals surface area contributed by atoms with E-state index in [-0.39, 0.29) is 12.5 Å². The Morgan fingerprint density at radius 2 is 1.89 bits per heavy atom. The number of oxazole rings is 1. The first-order valence-corrected chi connectivity index (χ1v) is 12.8. The Kier molecular flexibility index (Phi) is 8.97. The van der Waals surface area contributed by atoms with Crippen LogP contribution >= 0.6 is 0 Å². The summed E-state index contributed by atoms with van der Waals surface area (Å²) in [6.07, 6.45) is 1.11. The molecule has 0 atom stereocenters. The van der Waals surface area contributed by atoms with Gasteiger partial charge in [-0.05, 0) is 55.8 Å². The van der Waals surface area contributed by atoms with Crippen LogP contribution in [0.1, 0.15) is 35.7 Å². The molecule has 4 rings (SSSR count). The first-order chi connectivity index (χ1) is 17.9. The molecule has 0 spiro atoms. The maximum absolute atomic E-state index is 12.5. The monoisotopic (exact) mass is 509 g/mol. The van der Waals surface area contributed by atoms with Crippen molar-refractivity contribution in [1.82, 2.24) is 19.7 Å². The Hall–Kier alpha value is -3.63. The quantitative estimate of drug-likeness (QED) is 0.405. The van der Waals surface area contributed by atoms with Crippen molar-refractivity contribution in [2.24, 2.45) is 0 Å². The van der Waals surface area contributed by atoms with Gasteiger partial charge < -0.3 is 24.3 Å². The summed E-state index contributed by atoms with van der Waals surface area (Å²) in [5, 5.41) is 5.59. The van der Waals surface area contributed by atoms with E-state index in [1.54, 1.807) is 36.4 Å². The van der Waals surface area contributed by atoms with Gasteiger partial charge in [0.2, 0.25) is 0 Å². The van der Waals surface area contributed by atoms with E-state index >= 15 is 0 Å². The van der Waals surface area contributed by atoms with Crippen LogP contribution in [-0.4, -0.2) is 79.3 Å². The fourth-order valence-electron chi connectivity index (χ4n) is 4.30. The van der Waals surface area contributed by atoms with Crippen LogP contribution in [-0.2, 0) is 11.3 Å². The summed E-state index contributed by atoms with van der Waals surface area (Å²) in [7, 11) is 2.13. The number of piperazine rings is 1. The summed E-state index contributed by atoms with van der Waals surface area (Å²) < 4.78 is 12.2. The molecule has 2 N–H and O–H groups in total. The maximum atomic E-state index is 12.5. The standard InChI is InChI=1S/C27H35N5O5/c1-3-10-28-25(33)21-8-9-24-23(18-21)32(27(35)37-24)19-20-6-4-7-22(17-20)29-26(34)36-16-5-11-31-14-12-30(2)13-15-31/h4,6-9,17-18H,3,5,10-16,19H2,1-2H3,(H,28,33)(H,29,34). The van der Waals surface area contributed by atoms with Crippen LogP contribution < -0.4 is 16.4 Å². The van der Waals surface area contributed by atoms with Crippen molar-refractivity contribution < 1.29 is 18.7 Å². The smallest absolute Gasteiger partial charge is 0.420 e. The van der Waals surface area contributed by atoms with Gasteiger partial charge in [0.1, 0.15) is 0 Å². The number of nitrogens with one attached hydrogen (secondary N) is 2. The van der Waals surface area contributed by atoms with Gasteiger partial charge in [0.25, 0.3) is 5.91 Å². The van der Waals surface area contributed by atoms with Gasteiger partial charge in [-0.25, -0.2) is 9.59 Å². The van der Waals surface area contributed by atoms with E-state index < -0.39 is 11.8 Å². The molecule has 1 aromatic heterocycles. The largest absolute Gasteiger partial charge is 0.449 e. The molecule has 2 heterocycles. The third kappa shape index (κ3) is 7.21. The number of nitrogens with zero attached hydrogens (tertiary/aromatic N) is 3. The van der Waals surface area contributed by atoms with Crippen LogP contribution in [0.4, 0.5) is 10.5 Å². The van der Waals surface area contributed by atoms with Crippen molar-refractivity contribution >= 4 is 28.8 Å². The summed E-state index contributed by atoms with van der Waals surface area (Å²) in [5.41, 5.74) is 2.76. The number of amides is 2. The lowest BCUT2D eigenvalue weighted by atomic mass is 10.1. The van der Waals surface area contributed by atoms with E-state index in [2.05, 4.69) is 27.5 Å². The van der Waals surface area contributed by atoms with Crippen molar-refractivity contribution in [3.63, 3.8) is 0 Å². The second kappa shape index (κ2) is 12.6. The van der Waals surface area contributed by atoms with Crippen LogP contribution in [0.3, 0.4) is 0 Å². The lowest BCUT2D eigenvalue weighted by Gasteiger charge is -2.32. The lowest BCUT2D eigenvalue weighted by Crippen LogP contribution is -2.44. The van der Waals surface area contributed by atoms with Gasteiger partial charge in [-0.15, -0.1) is 0 Å². The van der Waals surface area contributed by atoms with Gasteiger partial charge in [-0.1, -0.05) is 19.1 Å². The zero-order valence-corrected chi connectivity index (χ0v) is 21.5. The number of hydrogen-bond acceptors (Lipinski definition) is 7. The highest BCUT2D eigenvalue weighted by Gasteiger charge is 2.15. The van der Waals surface area contributed by atoms with Crippen molar-refractivity contribution in [3.8, 4) is 0 Å². The first kappa shape index (κ1) is 26.4. The highest BCUT2D eigenvalue weighted by molar-refractivity contribution is 5.97. The summed E-state index contributed by atoms with van der Waals surface area (Å²) in [4.78, 5) is 41.9. The third-order valence-corrected chi connectivity index (χ3v) is 6.43. The minimum atomic E-state index is -0.515. The minimum Gasteiger partial charge on any atom is -0.449 e. The maximum Gasteiger partial charge on any atom is 0.420 e. The molecule has 37 heavy (non-hydrogen) atoms. The molecular formula is C27H35N5O5. The molecule has 3 aromatic rings. The average molecular weight is 510 g/mol. The van der Waals surface area contributed by atoms with Crippen LogP contribution in [0.15, 0.2) is 51.7 Å². The normalized spacial score (nSPS) is 14.5. The molecule has 1 aliphatic rings. The molecule has 2 aromatic carbocycles. The van der Waals surface area contributed by atoms with Gasteiger partial charge in [-0.2, -0.15) is 0 Å². The van der Waals surface area contributed by atoms with Crippen LogP contribution in [0.25, 0.3) is 11.1 Å². The Balaban J connectivity index is 1.34. The molecule has 1 aliphatic heterocycles. The number of benzene rings is 2. The number of fused-ring (bicyclic) bond motifs is 1. The van der Waals surface area contributed by atoms with E-state index in [0.29, 0.717) is 35.5 Å². The predicted octanol–water partition coefficient (Wildman–Crippen LogP) is 2.97. The topological polar surface area (TPSA) is 109 Å². The molecule has 0 aliphatic carbocycles. The van der Waals surface area contributed by atoms with Gasteiger partial charge in [0.15, 0.2) is 5.58 Å². The van der Waals surface area contributed by atoms with E-state index in [4.69, 9.17) is 9.15 Å². The molecule has 2 amide bonds. The number of rotatable bonds is 10. The Morgan fingerprint density at radius 3 is 2.68 bits per heavy atom. The molecule has 0 unspecified atom stereocenters. The molecule has 10 nitrogen and oxygen atoms in total. The third-order valence-electron chi connectivity index (χ3n) is 6.43. The van der Waals surface area contributed by atoms with Crippen LogP contribution in [0, 0.1) is 0 Å². The van der Waals surface area contributed by atoms with Gasteiger partial charge in [0, 0.05) is 50.5 Å². The predicted molar refractivity (Wildman–Crippen MR) is 142 cm³/mol. The minimum absolute atomic E-state index is 0.197. The number of aromatic nitrogens is 1. The summed E-state index contributed by atoms with van der Waals surface area (Å²) in [6.45, 7) is 8.25. The van der Waals surface area contributed by atoms with Crippen molar-refractivity contribution in [1.29, 1.82) is 0 Å². The fourth-order valence-corrected chi connectivity index (χ4v) is 4.30. The second-order valence-electron chi connectivity index (χ2n) is 9.35. The Morgan fingerprint density at radius 1 is 1.08 bits per heavy atom. The molecular weight excluding hydrogens is 474 g/mol. The fraction of sp³-hybridized carbons (Fsp3) is 0.444. The second-order valence-corrected chi connectivity index (χ2v) is 9.35. The Bertz CT molecular complexity index is 1280. The van der Waals surface area contributed by atoms with Crippen molar-refractivity contribution in [2.75, 3.05) is 58.2 Å². The zero-order chi connectivity index (χ0) is 26.2. The summed E-state index contributed by atoms with van der Waals surface area (Å²) in [5.74, 6) is -0.712. The number of ether oxygens (including phenoxy) is 1. The molecule has 0 bridgehead atoms. The van der Waals surface area contributed by atoms with Gasteiger partial charge >= 0.3 is 11.8 Å². The van der Waals surface area contributed by atoms with E-state index in [1.807, 2.05) is 13.0 Å². The number of anilines is 1. The van der Waals surface area contributed by atoms with Gasteiger partial charge in [-0.3, -0.25) is 14.7 Å². The number of likely N-dealkylation sites (N-methyl/N-ethyl adjacent to an activating group) is 1. The highest BCUT2D eigenvalue weighted by atomic mass is 16.5. The van der Waals surface area contributed by atoms with E-state index in [0.717, 1.165) is 51.1 Å². The Labute approximate surface area is 216 Å². The molecule has 198 valence electrons. The average Bonchev–Trinajstić information content (AvgIpc) is 3.20. The molecule has 0 saturated carbocycles. The van der Waals surface area contributed by atoms with Crippen LogP contribution in [0.5, 0.6) is 0 Å². The van der Waals surface area contributed by atoms with Crippen molar-refractivity contribution in [3.05, 3.63) is 64.1 Å². The van der Waals surface area contributed by atoms with Crippen molar-refractivity contribution in [2.45, 2.75) is 26.3 Å². The van der Waals surface area contributed by atoms with Crippen LogP contribution in [0.2, 0.25) is 0 Å². The molecule has 1 fully saturated rings. The SMILES string of the molecule is CCCNC(=O)c1ccc2oc(=O)n(Cc3cccc(NC(=O)OCCCN4CCN(C)CC4)c3)c2c1. The molecule has 1 saturated heterocycles. The highest BCUT2D eigenvalue weighted by Crippen LogP contribution is 2.18. The van der Waals surface area contributed by atoms with E-state index in [9.17, 15) is 14.4 Å². The number of carbonyl (C=O) groups excluding carboxylic acids is 2. The molecule has 10 heteroatoms. The summed E-state index contributed by atoms with van der Waals surface area (Å²) in [6, 6.07) is 12.1. The summed E-state index contributed by atoms with van der Waals surface area (Å²) >= 11 is 0. The zero-order valence-electron chi connectivity index (χ0n) is 21.5. The number of hydrogen-bond donors (Lipinski definition) is 2. The molecule has 0 radical (unpaired) electrons.